The lowest BCUT2D eigenvalue weighted by Gasteiger charge is -2.35. The van der Waals surface area contributed by atoms with E-state index in [1.807, 2.05) is 0 Å². The quantitative estimate of drug-likeness (QED) is 0.146. The number of ether oxygens (including phenoxy) is 6. The van der Waals surface area contributed by atoms with Crippen LogP contribution in [0.15, 0.2) is 60.7 Å². The third-order valence-electron chi connectivity index (χ3n) is 7.91. The predicted octanol–water partition coefficient (Wildman–Crippen LogP) is 4.83. The topological polar surface area (TPSA) is 159 Å². The zero-order valence-electron chi connectivity index (χ0n) is 27.5. The molecule has 48 heavy (non-hydrogen) atoms. The van der Waals surface area contributed by atoms with Gasteiger partial charge in [0.15, 0.2) is 19.4 Å². The van der Waals surface area contributed by atoms with Gasteiger partial charge in [-0.2, -0.15) is 0 Å². The van der Waals surface area contributed by atoms with Gasteiger partial charge >= 0.3 is 12.1 Å². The van der Waals surface area contributed by atoms with Gasteiger partial charge in [0.25, 0.3) is 5.91 Å². The number of esters is 1. The van der Waals surface area contributed by atoms with Gasteiger partial charge in [-0.1, -0.05) is 18.2 Å². The Bertz CT molecular complexity index is 1590. The van der Waals surface area contributed by atoms with Gasteiger partial charge in [-0.15, -0.1) is 0 Å². The lowest BCUT2D eigenvalue weighted by atomic mass is 9.86. The molecular formula is C35H40N2O11. The van der Waals surface area contributed by atoms with Crippen LogP contribution in [-0.2, 0) is 14.2 Å². The van der Waals surface area contributed by atoms with Crippen LogP contribution < -0.4 is 19.5 Å². The second kappa shape index (κ2) is 16.6. The lowest BCUT2D eigenvalue weighted by molar-refractivity contribution is -0.0416. The number of carbonyl (C=O) groups excluding carboxylic acids is 3. The first kappa shape index (κ1) is 35.7. The molecule has 13 nitrogen and oxygen atoms in total. The number of benzene rings is 3. The van der Waals surface area contributed by atoms with E-state index in [2.05, 4.69) is 5.32 Å². The van der Waals surface area contributed by atoms with Crippen LogP contribution in [0.4, 0.5) is 4.79 Å². The van der Waals surface area contributed by atoms with Crippen LogP contribution in [0, 0.1) is 19.8 Å². The Morgan fingerprint density at radius 3 is 2.17 bits per heavy atom. The largest absolute Gasteiger partial charge is 0.497 e. The van der Waals surface area contributed by atoms with E-state index in [-0.39, 0.29) is 55.4 Å². The van der Waals surface area contributed by atoms with Crippen molar-refractivity contribution in [2.75, 3.05) is 41.5 Å². The summed E-state index contributed by atoms with van der Waals surface area (Å²) in [6.07, 6.45) is -2.58. The van der Waals surface area contributed by atoms with E-state index in [9.17, 15) is 24.3 Å². The molecule has 256 valence electrons. The van der Waals surface area contributed by atoms with Crippen molar-refractivity contribution >= 4 is 23.8 Å². The van der Waals surface area contributed by atoms with Gasteiger partial charge in [0.05, 0.1) is 24.3 Å². The second-order valence-electron chi connectivity index (χ2n) is 11.2. The first-order chi connectivity index (χ1) is 23.1. The Labute approximate surface area is 278 Å². The standard InChI is InChI=1S/C35H40N2O11/c1-21-16-24(17-22(2)31(21)47-20-44-4)32(39)36-29-26(30(38)27-18-25(45-5)13-14-28(27)46-19-43-3)12-9-15-37(35(41)42)33(29)48-34(40)23-10-7-6-8-11-23/h6-8,10-11,13-14,16-18,26,29,33H,9,12,15,19-20H2,1-5H3,(H,36,39)(H,41,42). The maximum Gasteiger partial charge on any atom is 0.410 e. The molecule has 0 bridgehead atoms. The van der Waals surface area contributed by atoms with Gasteiger partial charge in [0.2, 0.25) is 6.23 Å². The molecule has 3 atom stereocenters. The summed E-state index contributed by atoms with van der Waals surface area (Å²) < 4.78 is 32.7. The third-order valence-corrected chi connectivity index (χ3v) is 7.91. The number of Topliss-reactive ketones (excluding diaryl/α,β-unsaturated/α-hetero) is 1. The number of methoxy groups -OCH3 is 3. The Balaban J connectivity index is 1.81. The van der Waals surface area contributed by atoms with Gasteiger partial charge < -0.3 is 38.8 Å². The molecule has 0 saturated carbocycles. The number of amides is 2. The van der Waals surface area contributed by atoms with E-state index in [4.69, 9.17) is 28.4 Å². The Morgan fingerprint density at radius 2 is 1.54 bits per heavy atom. The van der Waals surface area contributed by atoms with Crippen molar-refractivity contribution in [1.29, 1.82) is 0 Å². The minimum atomic E-state index is -1.57. The Kier molecular flexibility index (Phi) is 12.4. The molecule has 1 aliphatic heterocycles. The van der Waals surface area contributed by atoms with E-state index in [0.29, 0.717) is 22.6 Å². The highest BCUT2D eigenvalue weighted by molar-refractivity contribution is 6.02. The molecule has 1 aliphatic rings. The van der Waals surface area contributed by atoms with E-state index in [0.717, 1.165) is 4.90 Å². The van der Waals surface area contributed by atoms with Crippen LogP contribution in [0.2, 0.25) is 0 Å². The summed E-state index contributed by atoms with van der Waals surface area (Å²) in [7, 11) is 4.39. The molecule has 0 radical (unpaired) electrons. The molecule has 0 spiro atoms. The summed E-state index contributed by atoms with van der Waals surface area (Å²) >= 11 is 0. The second-order valence-corrected chi connectivity index (χ2v) is 11.2. The van der Waals surface area contributed by atoms with Crippen molar-refractivity contribution < 1.29 is 52.7 Å². The Morgan fingerprint density at radius 1 is 0.875 bits per heavy atom. The summed E-state index contributed by atoms with van der Waals surface area (Å²) in [6, 6.07) is 14.6. The molecule has 1 fully saturated rings. The zero-order valence-corrected chi connectivity index (χ0v) is 27.5. The van der Waals surface area contributed by atoms with E-state index in [1.54, 1.807) is 56.3 Å². The highest BCUT2D eigenvalue weighted by Gasteiger charge is 2.45. The van der Waals surface area contributed by atoms with E-state index < -0.39 is 41.9 Å². The van der Waals surface area contributed by atoms with E-state index >= 15 is 0 Å². The number of rotatable bonds is 13. The SMILES string of the molecule is COCOc1ccc(OC)cc1C(=O)C1CCCN(C(=O)O)C(OC(=O)c2ccccc2)C1NC(=O)c1cc(C)c(OCOC)c(C)c1. The van der Waals surface area contributed by atoms with Gasteiger partial charge in [-0.3, -0.25) is 14.5 Å². The number of ketones is 1. The van der Waals surface area contributed by atoms with Crippen molar-refractivity contribution in [3.63, 3.8) is 0 Å². The van der Waals surface area contributed by atoms with E-state index in [1.165, 1.54) is 39.5 Å². The fourth-order valence-corrected chi connectivity index (χ4v) is 5.68. The van der Waals surface area contributed by atoms with Gasteiger partial charge in [0, 0.05) is 32.2 Å². The van der Waals surface area contributed by atoms with Gasteiger partial charge in [-0.25, -0.2) is 9.59 Å². The molecule has 0 aromatic heterocycles. The predicted molar refractivity (Wildman–Crippen MR) is 173 cm³/mol. The van der Waals surface area contributed by atoms with Gasteiger partial charge in [0.1, 0.15) is 17.2 Å². The number of nitrogens with one attached hydrogen (secondary N) is 1. The van der Waals surface area contributed by atoms with Crippen molar-refractivity contribution in [2.45, 2.75) is 39.0 Å². The number of hydrogen-bond acceptors (Lipinski definition) is 10. The first-order valence-corrected chi connectivity index (χ1v) is 15.2. The fourth-order valence-electron chi connectivity index (χ4n) is 5.68. The molecular weight excluding hydrogens is 624 g/mol. The monoisotopic (exact) mass is 664 g/mol. The van der Waals surface area contributed by atoms with Crippen LogP contribution in [0.1, 0.15) is 55.0 Å². The highest BCUT2D eigenvalue weighted by atomic mass is 16.7. The minimum absolute atomic E-state index is 0.0128. The molecule has 3 aromatic carbocycles. The molecule has 2 N–H and O–H groups in total. The van der Waals surface area contributed by atoms with Crippen molar-refractivity contribution in [1.82, 2.24) is 10.2 Å². The summed E-state index contributed by atoms with van der Waals surface area (Å²) in [5.41, 5.74) is 1.83. The maximum absolute atomic E-state index is 14.5. The third kappa shape index (κ3) is 8.41. The number of nitrogens with zero attached hydrogens (tertiary/aromatic N) is 1. The summed E-state index contributed by atoms with van der Waals surface area (Å²) in [5.74, 6) is -1.86. The molecule has 1 saturated heterocycles. The molecule has 3 aromatic rings. The average Bonchev–Trinajstić information content (AvgIpc) is 3.26. The summed E-state index contributed by atoms with van der Waals surface area (Å²) in [4.78, 5) is 55.4. The van der Waals surface area contributed by atoms with Crippen LogP contribution in [0.25, 0.3) is 0 Å². The van der Waals surface area contributed by atoms with Crippen LogP contribution in [-0.4, -0.2) is 87.5 Å². The van der Waals surface area contributed by atoms with Crippen LogP contribution in [0.5, 0.6) is 17.2 Å². The van der Waals surface area contributed by atoms with Crippen molar-refractivity contribution in [3.8, 4) is 17.2 Å². The maximum atomic E-state index is 14.5. The minimum Gasteiger partial charge on any atom is -0.497 e. The summed E-state index contributed by atoms with van der Waals surface area (Å²) in [5, 5.41) is 13.1. The van der Waals surface area contributed by atoms with Gasteiger partial charge in [-0.05, 0) is 80.3 Å². The normalized spacial score (nSPS) is 17.5. The molecule has 3 unspecified atom stereocenters. The summed E-state index contributed by atoms with van der Waals surface area (Å²) in [6.45, 7) is 3.35. The first-order valence-electron chi connectivity index (χ1n) is 15.2. The molecule has 0 aliphatic carbocycles. The van der Waals surface area contributed by atoms with Crippen molar-refractivity contribution in [2.24, 2.45) is 5.92 Å². The van der Waals surface area contributed by atoms with Crippen LogP contribution in [0.3, 0.4) is 0 Å². The highest BCUT2D eigenvalue weighted by Crippen LogP contribution is 2.34. The zero-order chi connectivity index (χ0) is 34.8. The number of hydrogen-bond donors (Lipinski definition) is 2. The Hall–Kier alpha value is -5.14. The van der Waals surface area contributed by atoms with Crippen LogP contribution >= 0.6 is 0 Å². The molecule has 1 heterocycles. The smallest absolute Gasteiger partial charge is 0.410 e. The number of carbonyl (C=O) groups is 4. The number of likely N-dealkylation sites (tertiary alicyclic amines) is 1. The lowest BCUT2D eigenvalue weighted by Crippen LogP contribution is -2.58. The number of aryl methyl sites for hydroxylation is 2. The fraction of sp³-hybridized carbons (Fsp3) is 0.371. The molecule has 2 amide bonds. The number of carboxylic acid groups (broad SMARTS) is 1. The average molecular weight is 665 g/mol. The molecule has 13 heteroatoms. The molecule has 4 rings (SSSR count). The van der Waals surface area contributed by atoms with Crippen molar-refractivity contribution in [3.05, 3.63) is 88.5 Å².